The van der Waals surface area contributed by atoms with Crippen LogP contribution >= 0.6 is 11.3 Å². The van der Waals surface area contributed by atoms with Gasteiger partial charge in [0.25, 0.3) is 0 Å². The van der Waals surface area contributed by atoms with E-state index in [1.165, 1.54) is 30.6 Å². The van der Waals surface area contributed by atoms with Crippen molar-refractivity contribution in [1.82, 2.24) is 14.8 Å². The molecule has 0 aliphatic carbocycles. The van der Waals surface area contributed by atoms with Gasteiger partial charge in [0, 0.05) is 28.9 Å². The predicted molar refractivity (Wildman–Crippen MR) is 140 cm³/mol. The number of nitrogens with zero attached hydrogens (tertiary/aromatic N) is 3. The summed E-state index contributed by atoms with van der Waals surface area (Å²) in [6.07, 6.45) is 3.44. The normalized spacial score (nSPS) is 12.4. The van der Waals surface area contributed by atoms with Crippen LogP contribution < -0.4 is 10.1 Å². The number of ether oxygens (including phenoxy) is 1. The average Bonchev–Trinajstić information content (AvgIpc) is 3.54. The first-order valence-corrected chi connectivity index (χ1v) is 12.3. The lowest BCUT2D eigenvalue weighted by Gasteiger charge is -2.34. The van der Waals surface area contributed by atoms with Crippen molar-refractivity contribution in [2.45, 2.75) is 19.8 Å². The van der Waals surface area contributed by atoms with Crippen LogP contribution in [0.15, 0.2) is 84.5 Å². The second-order valence-corrected chi connectivity index (χ2v) is 9.94. The van der Waals surface area contributed by atoms with Crippen LogP contribution in [0.3, 0.4) is 0 Å². The summed E-state index contributed by atoms with van der Waals surface area (Å²) in [6, 6.07) is 20.4. The van der Waals surface area contributed by atoms with E-state index in [0.29, 0.717) is 16.6 Å². The van der Waals surface area contributed by atoms with Crippen molar-refractivity contribution in [3.63, 3.8) is 0 Å². The van der Waals surface area contributed by atoms with Crippen LogP contribution in [0, 0.1) is 11.2 Å². The van der Waals surface area contributed by atoms with E-state index < -0.39 is 5.41 Å². The summed E-state index contributed by atoms with van der Waals surface area (Å²) < 4.78 is 20.9. The largest absolute Gasteiger partial charge is 0.494 e. The topological polar surface area (TPSA) is 69.0 Å². The summed E-state index contributed by atoms with van der Waals surface area (Å²) >= 11 is 1.39. The maximum absolute atomic E-state index is 13.7. The maximum Gasteiger partial charge on any atom is 0.232 e. The van der Waals surface area contributed by atoms with Gasteiger partial charge in [0.2, 0.25) is 5.91 Å². The van der Waals surface area contributed by atoms with E-state index in [9.17, 15) is 9.18 Å². The molecule has 2 aromatic heterocycles. The summed E-state index contributed by atoms with van der Waals surface area (Å²) in [4.78, 5) is 17.7. The smallest absolute Gasteiger partial charge is 0.232 e. The molecule has 6 nitrogen and oxygen atoms in total. The van der Waals surface area contributed by atoms with Gasteiger partial charge in [0.1, 0.15) is 17.3 Å². The zero-order valence-electron chi connectivity index (χ0n) is 20.1. The molecule has 0 aliphatic rings. The second kappa shape index (κ2) is 9.54. The van der Waals surface area contributed by atoms with Gasteiger partial charge in [0.15, 0.2) is 5.13 Å². The minimum atomic E-state index is -0.795. The first-order chi connectivity index (χ1) is 17.4. The highest BCUT2D eigenvalue weighted by Crippen LogP contribution is 2.43. The highest BCUT2D eigenvalue weighted by molar-refractivity contribution is 7.13. The van der Waals surface area contributed by atoms with Crippen molar-refractivity contribution >= 4 is 33.3 Å². The van der Waals surface area contributed by atoms with Crippen molar-refractivity contribution in [2.75, 3.05) is 12.4 Å². The highest BCUT2D eigenvalue weighted by atomic mass is 32.1. The molecule has 0 saturated heterocycles. The number of hydrogen-bond acceptors (Lipinski definition) is 5. The van der Waals surface area contributed by atoms with Crippen molar-refractivity contribution in [2.24, 2.45) is 5.41 Å². The molecule has 0 fully saturated rings. The van der Waals surface area contributed by atoms with Crippen LogP contribution in [0.1, 0.15) is 30.9 Å². The fraction of sp³-hybridized carbons (Fsp3) is 0.179. The molecule has 2 heterocycles. The Morgan fingerprint density at radius 3 is 2.61 bits per heavy atom. The summed E-state index contributed by atoms with van der Waals surface area (Å²) in [5.74, 6) is -0.325. The van der Waals surface area contributed by atoms with Gasteiger partial charge in [-0.1, -0.05) is 50.2 Å². The molecule has 0 unspecified atom stereocenters. The standard InChI is InChI=1S/C28H25FN4O2S/c1-28(2,26(34)32-27-30-13-14-36-27)25(18-7-5-4-6-8-18)19-9-11-22-20(15-19)17-31-33(22)23-12-10-21(29)16-24(23)35-3/h4-17,25H,1-3H3,(H,30,32,34)/t25-/m0/s1. The zero-order chi connectivity index (χ0) is 25.3. The van der Waals surface area contributed by atoms with E-state index in [1.54, 1.807) is 23.1 Å². The van der Waals surface area contributed by atoms with Crippen LogP contribution in [0.25, 0.3) is 16.6 Å². The first-order valence-electron chi connectivity index (χ1n) is 11.5. The maximum atomic E-state index is 13.7. The summed E-state index contributed by atoms with van der Waals surface area (Å²) in [5.41, 5.74) is 2.71. The Kier molecular flexibility index (Phi) is 6.28. The molecule has 8 heteroatoms. The van der Waals surface area contributed by atoms with Crippen LogP contribution in [0.4, 0.5) is 9.52 Å². The van der Waals surface area contributed by atoms with Gasteiger partial charge >= 0.3 is 0 Å². The number of fused-ring (bicyclic) bond motifs is 1. The van der Waals surface area contributed by atoms with E-state index in [2.05, 4.69) is 21.5 Å². The lowest BCUT2D eigenvalue weighted by atomic mass is 9.70. The molecule has 1 amide bonds. The lowest BCUT2D eigenvalue weighted by molar-refractivity contribution is -0.124. The number of hydrogen-bond donors (Lipinski definition) is 1. The molecule has 0 aliphatic heterocycles. The number of methoxy groups -OCH3 is 1. The molecule has 3 aromatic carbocycles. The van der Waals surface area contributed by atoms with Gasteiger partial charge in [-0.3, -0.25) is 4.79 Å². The van der Waals surface area contributed by atoms with Gasteiger partial charge in [-0.15, -0.1) is 11.3 Å². The first kappa shape index (κ1) is 23.7. The van der Waals surface area contributed by atoms with E-state index >= 15 is 0 Å². The SMILES string of the molecule is COc1cc(F)ccc1-n1ncc2cc([C@H](c3ccccc3)C(C)(C)C(=O)Nc3nccs3)ccc21. The highest BCUT2D eigenvalue weighted by Gasteiger charge is 2.39. The average molecular weight is 501 g/mol. The molecule has 36 heavy (non-hydrogen) atoms. The van der Waals surface area contributed by atoms with Crippen molar-refractivity contribution in [3.05, 3.63) is 101 Å². The second-order valence-electron chi connectivity index (χ2n) is 9.05. The van der Waals surface area contributed by atoms with Crippen molar-refractivity contribution < 1.29 is 13.9 Å². The Labute approximate surface area is 212 Å². The molecule has 182 valence electrons. The van der Waals surface area contributed by atoms with Crippen LogP contribution in [-0.4, -0.2) is 27.8 Å². The van der Waals surface area contributed by atoms with E-state index in [0.717, 1.165) is 22.0 Å². The quantitative estimate of drug-likeness (QED) is 0.280. The summed E-state index contributed by atoms with van der Waals surface area (Å²) in [5, 5.41) is 10.8. The van der Waals surface area contributed by atoms with E-state index in [-0.39, 0.29) is 17.6 Å². The Morgan fingerprint density at radius 1 is 1.08 bits per heavy atom. The number of benzene rings is 3. The number of carbonyl (C=O) groups is 1. The van der Waals surface area contributed by atoms with Crippen molar-refractivity contribution in [3.8, 4) is 11.4 Å². The molecule has 5 rings (SSSR count). The van der Waals surface area contributed by atoms with Crippen molar-refractivity contribution in [1.29, 1.82) is 0 Å². The molecule has 0 spiro atoms. The summed E-state index contributed by atoms with van der Waals surface area (Å²) in [7, 11) is 1.51. The van der Waals surface area contributed by atoms with Crippen LogP contribution in [0.2, 0.25) is 0 Å². The third-order valence-corrected chi connectivity index (χ3v) is 7.08. The number of anilines is 1. The Bertz CT molecular complexity index is 1510. The number of amides is 1. The minimum Gasteiger partial charge on any atom is -0.494 e. The van der Waals surface area contributed by atoms with Gasteiger partial charge in [-0.2, -0.15) is 5.10 Å². The fourth-order valence-corrected chi connectivity index (χ4v) is 5.12. The molecule has 0 radical (unpaired) electrons. The third-order valence-electron chi connectivity index (χ3n) is 6.39. The predicted octanol–water partition coefficient (Wildman–Crippen LogP) is 6.43. The number of nitrogens with one attached hydrogen (secondary N) is 1. The number of aromatic nitrogens is 3. The Balaban J connectivity index is 1.58. The fourth-order valence-electron chi connectivity index (χ4n) is 4.60. The molecule has 0 bridgehead atoms. The zero-order valence-corrected chi connectivity index (χ0v) is 20.9. The van der Waals surface area contributed by atoms with Gasteiger partial charge < -0.3 is 10.1 Å². The van der Waals surface area contributed by atoms with E-state index in [1.807, 2.05) is 61.7 Å². The third kappa shape index (κ3) is 4.35. The number of thiazole rings is 1. The molecular formula is C28H25FN4O2S. The number of carbonyl (C=O) groups excluding carboxylic acids is 1. The molecule has 1 atom stereocenters. The van der Waals surface area contributed by atoms with Gasteiger partial charge in [0.05, 0.1) is 24.2 Å². The van der Waals surface area contributed by atoms with Crippen LogP contribution in [-0.2, 0) is 4.79 Å². The molecular weight excluding hydrogens is 475 g/mol. The number of rotatable bonds is 7. The van der Waals surface area contributed by atoms with Gasteiger partial charge in [-0.05, 0) is 35.4 Å². The Morgan fingerprint density at radius 2 is 1.89 bits per heavy atom. The van der Waals surface area contributed by atoms with Gasteiger partial charge in [-0.25, -0.2) is 14.1 Å². The summed E-state index contributed by atoms with van der Waals surface area (Å²) in [6.45, 7) is 3.90. The minimum absolute atomic E-state index is 0.113. The molecule has 5 aromatic rings. The molecule has 0 saturated carbocycles. The van der Waals surface area contributed by atoms with Crippen LogP contribution in [0.5, 0.6) is 5.75 Å². The van der Waals surface area contributed by atoms with E-state index in [4.69, 9.17) is 4.74 Å². The lowest BCUT2D eigenvalue weighted by Crippen LogP contribution is -2.37. The number of halogens is 1. The molecule has 1 N–H and O–H groups in total. The Hall–Kier alpha value is -4.04. The monoisotopic (exact) mass is 500 g/mol.